The third-order valence-electron chi connectivity index (χ3n) is 10.5. The summed E-state index contributed by atoms with van der Waals surface area (Å²) in [4.78, 5) is 27.2. The number of carbonyl (C=O) groups is 1. The van der Waals surface area contributed by atoms with Crippen molar-refractivity contribution in [1.29, 1.82) is 0 Å². The first-order valence-electron chi connectivity index (χ1n) is 16.5. The lowest BCUT2D eigenvalue weighted by Crippen LogP contribution is -2.43. The molecule has 51 heavy (non-hydrogen) atoms. The molecule has 1 aliphatic carbocycles. The SMILES string of the molecule is Cc1cc2[nH]ncc2c(-c2c(F)cc3c(N4CC5CC[C@@](C)(C4)[SiH2]N5)nc(OC[C@]4(CN(C)CCC(=O)S)CC4(F)F)nc3c2F)c1C(F)(F)F. The second-order valence-electron chi connectivity index (χ2n) is 14.7. The fourth-order valence-electron chi connectivity index (χ4n) is 7.73. The third-order valence-corrected chi connectivity index (χ3v) is 13.0. The highest BCUT2D eigenvalue weighted by Crippen LogP contribution is 2.61. The second kappa shape index (κ2) is 12.6. The van der Waals surface area contributed by atoms with E-state index in [1.807, 2.05) is 4.90 Å². The number of halogens is 7. The van der Waals surface area contributed by atoms with Crippen LogP contribution in [-0.2, 0) is 11.0 Å². The van der Waals surface area contributed by atoms with Gasteiger partial charge in [0.05, 0.1) is 37.9 Å². The molecule has 1 saturated carbocycles. The standard InChI is InChI=1S/C33H36F7N7O2SSi/c1-16-8-21-19(10-41-44-21)23(25(16)33(38,39)40)24-20(34)9-18-27(26(24)35)42-29(43-28(18)47-11-17-4-6-30(2,13-47)51-45-17)49-15-31(12-32(31,36)37)14-46(3)7-5-22(48)50/h8-10,17,45H,4-7,11-15,51H2,1-3H3,(H,41,44)(H,48,50)/t17?,30-,31+/m0/s1. The fourth-order valence-corrected chi connectivity index (χ4v) is 9.71. The van der Waals surface area contributed by atoms with Gasteiger partial charge < -0.3 is 19.5 Å². The number of alkyl halides is 5. The zero-order chi connectivity index (χ0) is 36.7. The number of fused-ring (bicyclic) bond motifs is 6. The second-order valence-corrected chi connectivity index (χ2v) is 17.7. The van der Waals surface area contributed by atoms with Crippen LogP contribution in [0.4, 0.5) is 36.6 Å². The van der Waals surface area contributed by atoms with Gasteiger partial charge in [0, 0.05) is 61.4 Å². The predicted molar refractivity (Wildman–Crippen MR) is 183 cm³/mol. The number of aryl methyl sites for hydroxylation is 1. The first-order valence-corrected chi connectivity index (χ1v) is 18.4. The summed E-state index contributed by atoms with van der Waals surface area (Å²) in [5.41, 5.74) is -5.22. The van der Waals surface area contributed by atoms with Gasteiger partial charge in [0.25, 0.3) is 5.92 Å². The van der Waals surface area contributed by atoms with Crippen molar-refractivity contribution in [1.82, 2.24) is 30.0 Å². The lowest BCUT2D eigenvalue weighted by atomic mass is 9.91. The molecule has 3 aliphatic heterocycles. The number of aromatic amines is 1. The maximum atomic E-state index is 17.0. The summed E-state index contributed by atoms with van der Waals surface area (Å²) in [6, 6.07) is 1.76. The average molecular weight is 756 g/mol. The van der Waals surface area contributed by atoms with Crippen LogP contribution in [-0.4, -0.2) is 91.7 Å². The zero-order valence-electron chi connectivity index (χ0n) is 28.0. The Labute approximate surface area is 296 Å². The van der Waals surface area contributed by atoms with E-state index >= 15 is 8.78 Å². The van der Waals surface area contributed by atoms with E-state index in [0.29, 0.717) is 13.1 Å². The minimum atomic E-state index is -4.99. The molecule has 9 nitrogen and oxygen atoms in total. The maximum absolute atomic E-state index is 17.0. The van der Waals surface area contributed by atoms with E-state index in [1.165, 1.54) is 13.0 Å². The molecule has 3 saturated heterocycles. The van der Waals surface area contributed by atoms with Crippen molar-refractivity contribution in [2.24, 2.45) is 5.41 Å². The molecule has 0 amide bonds. The number of rotatable bonds is 10. The number of hydrogen-bond donors (Lipinski definition) is 3. The van der Waals surface area contributed by atoms with Gasteiger partial charge in [-0.25, -0.2) is 17.6 Å². The summed E-state index contributed by atoms with van der Waals surface area (Å²) in [6.07, 6.45) is -2.57. The minimum absolute atomic E-state index is 0.0486. The van der Waals surface area contributed by atoms with Crippen LogP contribution in [0, 0.1) is 24.0 Å². The van der Waals surface area contributed by atoms with Crippen molar-refractivity contribution in [3.05, 3.63) is 41.1 Å². The van der Waals surface area contributed by atoms with E-state index in [-0.39, 0.29) is 63.4 Å². The van der Waals surface area contributed by atoms with Gasteiger partial charge in [0.1, 0.15) is 23.8 Å². The lowest BCUT2D eigenvalue weighted by Gasteiger charge is -2.33. The molecular weight excluding hydrogens is 720 g/mol. The maximum Gasteiger partial charge on any atom is 0.417 e. The molecule has 4 aliphatic rings. The Kier molecular flexibility index (Phi) is 8.86. The van der Waals surface area contributed by atoms with E-state index in [9.17, 15) is 26.7 Å². The van der Waals surface area contributed by atoms with Crippen LogP contribution in [0.1, 0.15) is 43.7 Å². The van der Waals surface area contributed by atoms with Crippen LogP contribution in [0.25, 0.3) is 32.9 Å². The minimum Gasteiger partial charge on any atom is -0.463 e. The number of hydrogen-bond acceptors (Lipinski definition) is 8. The van der Waals surface area contributed by atoms with E-state index in [2.05, 4.69) is 44.7 Å². The van der Waals surface area contributed by atoms with Crippen LogP contribution in [0.3, 0.4) is 0 Å². The molecule has 2 N–H and O–H groups in total. The van der Waals surface area contributed by atoms with Gasteiger partial charge in [-0.05, 0) is 49.5 Å². The summed E-state index contributed by atoms with van der Waals surface area (Å²) < 4.78 is 113. The van der Waals surface area contributed by atoms with Crippen LogP contribution < -0.4 is 14.6 Å². The molecule has 18 heteroatoms. The number of anilines is 1. The summed E-state index contributed by atoms with van der Waals surface area (Å²) in [7, 11) is 0.841. The van der Waals surface area contributed by atoms with Crippen LogP contribution in [0.5, 0.6) is 6.01 Å². The van der Waals surface area contributed by atoms with Crippen molar-refractivity contribution in [2.75, 3.05) is 44.7 Å². The van der Waals surface area contributed by atoms with Crippen molar-refractivity contribution >= 4 is 55.0 Å². The Hall–Kier alpha value is -3.48. The van der Waals surface area contributed by atoms with Gasteiger partial charge >= 0.3 is 12.2 Å². The highest BCUT2D eigenvalue weighted by Gasteiger charge is 2.71. The van der Waals surface area contributed by atoms with Crippen LogP contribution in [0.2, 0.25) is 5.04 Å². The van der Waals surface area contributed by atoms with Crippen LogP contribution >= 0.6 is 12.6 Å². The molecule has 2 aromatic heterocycles. The van der Waals surface area contributed by atoms with E-state index in [4.69, 9.17) is 4.74 Å². The number of nitrogens with zero attached hydrogens (tertiary/aromatic N) is 5. The molecule has 4 fully saturated rings. The molecule has 4 aromatic rings. The summed E-state index contributed by atoms with van der Waals surface area (Å²) >= 11 is 3.74. The molecule has 0 radical (unpaired) electrons. The molecule has 1 unspecified atom stereocenters. The summed E-state index contributed by atoms with van der Waals surface area (Å²) in [5.74, 6) is -5.65. The number of carbonyl (C=O) groups excluding carboxylic acids is 1. The average Bonchev–Trinajstić information content (AvgIpc) is 3.41. The Morgan fingerprint density at radius 3 is 2.59 bits per heavy atom. The Morgan fingerprint density at radius 2 is 1.94 bits per heavy atom. The number of H-pyrrole nitrogens is 1. The predicted octanol–water partition coefficient (Wildman–Crippen LogP) is 5.80. The molecule has 2 bridgehead atoms. The van der Waals surface area contributed by atoms with Gasteiger partial charge in [0.15, 0.2) is 10.9 Å². The van der Waals surface area contributed by atoms with Crippen LogP contribution in [0.15, 0.2) is 18.3 Å². The number of ether oxygens (including phenoxy) is 1. The van der Waals surface area contributed by atoms with Gasteiger partial charge in [-0.2, -0.15) is 28.2 Å². The number of thiol groups is 1. The van der Waals surface area contributed by atoms with E-state index in [0.717, 1.165) is 25.1 Å². The summed E-state index contributed by atoms with van der Waals surface area (Å²) in [6.45, 7) is 3.72. The van der Waals surface area contributed by atoms with Crippen molar-refractivity contribution in [2.45, 2.75) is 62.7 Å². The van der Waals surface area contributed by atoms with E-state index in [1.54, 1.807) is 11.9 Å². The molecule has 3 atom stereocenters. The molecular formula is C33H36F7N7O2SSi. The number of nitrogens with one attached hydrogen (secondary N) is 2. The van der Waals surface area contributed by atoms with Crippen molar-refractivity contribution < 1.29 is 40.3 Å². The Morgan fingerprint density at radius 1 is 1.20 bits per heavy atom. The molecule has 274 valence electrons. The van der Waals surface area contributed by atoms with Crippen molar-refractivity contribution in [3.63, 3.8) is 0 Å². The largest absolute Gasteiger partial charge is 0.463 e. The summed E-state index contributed by atoms with van der Waals surface area (Å²) in [5, 5.41) is 5.68. The molecule has 0 spiro atoms. The Balaban J connectivity index is 1.37. The normalized spacial score (nSPS) is 24.9. The third kappa shape index (κ3) is 6.56. The quantitative estimate of drug-likeness (QED) is 0.106. The number of aromatic nitrogens is 4. The molecule has 8 rings (SSSR count). The van der Waals surface area contributed by atoms with Gasteiger partial charge in [-0.3, -0.25) is 9.89 Å². The van der Waals surface area contributed by atoms with E-state index < -0.39 is 80.1 Å². The fraction of sp³-hybridized carbons (Fsp3) is 0.515. The highest BCUT2D eigenvalue weighted by atomic mass is 32.1. The molecule has 5 heterocycles. The monoisotopic (exact) mass is 755 g/mol. The first kappa shape index (κ1) is 35.9. The number of benzene rings is 2. The topological polar surface area (TPSA) is 99.3 Å². The highest BCUT2D eigenvalue weighted by molar-refractivity contribution is 7.96. The van der Waals surface area contributed by atoms with Crippen molar-refractivity contribution in [3.8, 4) is 17.1 Å². The zero-order valence-corrected chi connectivity index (χ0v) is 30.3. The van der Waals surface area contributed by atoms with Gasteiger partial charge in [-0.15, -0.1) is 12.6 Å². The smallest absolute Gasteiger partial charge is 0.417 e. The Bertz CT molecular complexity index is 2040. The lowest BCUT2D eigenvalue weighted by molar-refractivity contribution is -0.137. The van der Waals surface area contributed by atoms with Gasteiger partial charge in [0.2, 0.25) is 0 Å². The molecule has 2 aromatic carbocycles. The van der Waals surface area contributed by atoms with Gasteiger partial charge in [-0.1, -0.05) is 6.92 Å². The first-order chi connectivity index (χ1) is 23.9.